The van der Waals surface area contributed by atoms with Gasteiger partial charge in [-0.25, -0.2) is 26.8 Å². The minimum absolute atomic E-state index is 0.0119. The topological polar surface area (TPSA) is 147 Å². The third-order valence-corrected chi connectivity index (χ3v) is 16.0. The van der Waals surface area contributed by atoms with Gasteiger partial charge in [-0.1, -0.05) is 36.1 Å². The molecule has 2 aliphatic rings. The van der Waals surface area contributed by atoms with Crippen LogP contribution in [0, 0.1) is 23.7 Å². The second-order valence-corrected chi connectivity index (χ2v) is 19.8. The molecule has 0 bridgehead atoms. The Morgan fingerprint density at radius 1 is 0.617 bits per heavy atom. The molecular formula is C38H40F6N6O6S4. The summed E-state index contributed by atoms with van der Waals surface area (Å²) in [6.07, 6.45) is -6.76. The van der Waals surface area contributed by atoms with Crippen molar-refractivity contribution in [2.24, 2.45) is 0 Å². The number of halogens is 6. The van der Waals surface area contributed by atoms with Gasteiger partial charge in [-0.05, 0) is 63.1 Å². The van der Waals surface area contributed by atoms with Crippen molar-refractivity contribution in [1.82, 2.24) is 18.6 Å². The highest BCUT2D eigenvalue weighted by atomic mass is 32.3. The number of nitrogens with zero attached hydrogens (tertiary/aromatic N) is 6. The van der Waals surface area contributed by atoms with E-state index in [2.05, 4.69) is 33.6 Å². The van der Waals surface area contributed by atoms with Crippen molar-refractivity contribution in [3.8, 4) is 23.7 Å². The number of piperazine rings is 2. The molecule has 2 aromatic carbocycles. The molecule has 2 unspecified atom stereocenters. The molecular weight excluding hydrogens is 879 g/mol. The first kappa shape index (κ1) is 46.8. The molecule has 2 N–H and O–H groups in total. The summed E-state index contributed by atoms with van der Waals surface area (Å²) in [5.74, 6) is 11.5. The van der Waals surface area contributed by atoms with Gasteiger partial charge < -0.3 is 20.0 Å². The second kappa shape index (κ2) is 18.0. The fourth-order valence-electron chi connectivity index (χ4n) is 6.33. The summed E-state index contributed by atoms with van der Waals surface area (Å²) >= 11 is 2.07. The SMILES string of the molecule is CC#C[C@@H]1CN(S(=O)(=O)c2nccs2)CCN1c1ccc(C(C)(O)C(F)(F)F)cc1.CC#C[C@H]1CN(S(=O)(=O)c2nccs2)CCN1c1ccc(C(C)(O)C(F)(F)F)cc1. The molecule has 0 spiro atoms. The Labute approximate surface area is 352 Å². The number of thiazole rings is 2. The third-order valence-electron chi connectivity index (χ3n) is 9.87. The van der Waals surface area contributed by atoms with Gasteiger partial charge in [-0.3, -0.25) is 0 Å². The highest BCUT2D eigenvalue weighted by Crippen LogP contribution is 2.40. The van der Waals surface area contributed by atoms with Gasteiger partial charge >= 0.3 is 12.4 Å². The number of benzene rings is 2. The molecule has 0 amide bonds. The van der Waals surface area contributed by atoms with Crippen LogP contribution in [0.3, 0.4) is 0 Å². The number of hydrogen-bond donors (Lipinski definition) is 2. The average Bonchev–Trinajstić information content (AvgIpc) is 3.95. The lowest BCUT2D eigenvalue weighted by molar-refractivity contribution is -0.259. The van der Waals surface area contributed by atoms with Crippen LogP contribution < -0.4 is 9.80 Å². The Balaban J connectivity index is 0.000000228. The maximum atomic E-state index is 13.1. The molecule has 0 saturated carbocycles. The van der Waals surface area contributed by atoms with Crippen LogP contribution in [0.2, 0.25) is 0 Å². The number of hydrogen-bond acceptors (Lipinski definition) is 12. The standard InChI is InChI=1S/2C19H20F3N3O3S2/c2*1-3-4-16-13-24(30(27,28)17-23-9-12-29-17)10-11-25(16)15-7-5-14(6-8-15)18(2,26)19(20,21)22/h2*5-9,12,16,26H,10-11,13H2,1-2H3/t2*16-,18?/m10/s1. The second-order valence-electron chi connectivity index (χ2n) is 13.8. The lowest BCUT2D eigenvalue weighted by atomic mass is 9.95. The fraction of sp³-hybridized carbons (Fsp3) is 0.421. The Morgan fingerprint density at radius 3 is 1.22 bits per heavy atom. The number of aromatic nitrogens is 2. The third kappa shape index (κ3) is 9.76. The van der Waals surface area contributed by atoms with Crippen LogP contribution in [0.4, 0.5) is 37.7 Å². The fourth-order valence-corrected chi connectivity index (χ4v) is 11.1. The summed E-state index contributed by atoms with van der Waals surface area (Å²) < 4.78 is 132. The van der Waals surface area contributed by atoms with Crippen LogP contribution >= 0.6 is 22.7 Å². The smallest absolute Gasteiger partial charge is 0.376 e. The molecule has 6 rings (SSSR count). The van der Waals surface area contributed by atoms with Crippen molar-refractivity contribution in [1.29, 1.82) is 0 Å². The molecule has 2 aromatic heterocycles. The van der Waals surface area contributed by atoms with E-state index < -0.39 is 55.7 Å². The first-order valence-electron chi connectivity index (χ1n) is 17.9. The summed E-state index contributed by atoms with van der Waals surface area (Å²) in [6.45, 7) is 5.86. The molecule has 0 radical (unpaired) electrons. The zero-order chi connectivity index (χ0) is 44.3. The maximum absolute atomic E-state index is 13.1. The van der Waals surface area contributed by atoms with Crippen LogP contribution in [0.5, 0.6) is 0 Å². The largest absolute Gasteiger partial charge is 0.421 e. The van der Waals surface area contributed by atoms with Gasteiger partial charge in [0.05, 0.1) is 0 Å². The quantitative estimate of drug-likeness (QED) is 0.169. The summed E-state index contributed by atoms with van der Waals surface area (Å²) in [4.78, 5) is 11.5. The van der Waals surface area contributed by atoms with E-state index in [1.54, 1.807) is 24.6 Å². The van der Waals surface area contributed by atoms with E-state index in [-0.39, 0.29) is 46.0 Å². The number of alkyl halides is 6. The Kier molecular flexibility index (Phi) is 14.0. The van der Waals surface area contributed by atoms with Gasteiger partial charge in [0.15, 0.2) is 11.2 Å². The van der Waals surface area contributed by atoms with Gasteiger partial charge in [-0.2, -0.15) is 35.0 Å². The highest BCUT2D eigenvalue weighted by molar-refractivity contribution is 7.91. The maximum Gasteiger partial charge on any atom is 0.421 e. The number of sulfonamides is 2. The minimum atomic E-state index is -4.81. The first-order chi connectivity index (χ1) is 28.0. The van der Waals surface area contributed by atoms with Gasteiger partial charge in [0.2, 0.25) is 8.68 Å². The van der Waals surface area contributed by atoms with Crippen molar-refractivity contribution < 1.29 is 53.4 Å². The summed E-state index contributed by atoms with van der Waals surface area (Å²) in [5, 5.41) is 22.8. The van der Waals surface area contributed by atoms with Crippen LogP contribution in [-0.2, 0) is 31.2 Å². The molecule has 60 heavy (non-hydrogen) atoms. The van der Waals surface area contributed by atoms with Crippen molar-refractivity contribution in [3.05, 3.63) is 82.8 Å². The number of anilines is 2. The molecule has 4 atom stereocenters. The highest BCUT2D eigenvalue weighted by Gasteiger charge is 2.52. The molecule has 4 heterocycles. The van der Waals surface area contributed by atoms with Crippen molar-refractivity contribution in [3.63, 3.8) is 0 Å². The number of rotatable bonds is 8. The minimum Gasteiger partial charge on any atom is -0.376 e. The monoisotopic (exact) mass is 918 g/mol. The predicted molar refractivity (Wildman–Crippen MR) is 215 cm³/mol. The van der Waals surface area contributed by atoms with Gasteiger partial charge in [0, 0.05) is 73.8 Å². The van der Waals surface area contributed by atoms with E-state index in [9.17, 15) is 53.4 Å². The van der Waals surface area contributed by atoms with E-state index in [0.717, 1.165) is 22.7 Å². The van der Waals surface area contributed by atoms with E-state index >= 15 is 0 Å². The molecule has 22 heteroatoms. The van der Waals surface area contributed by atoms with Crippen molar-refractivity contribution in [2.75, 3.05) is 49.1 Å². The lowest BCUT2D eigenvalue weighted by Crippen LogP contribution is -2.54. The lowest BCUT2D eigenvalue weighted by Gasteiger charge is -2.39. The van der Waals surface area contributed by atoms with Crippen molar-refractivity contribution in [2.45, 2.75) is 72.0 Å². The molecule has 2 fully saturated rings. The predicted octanol–water partition coefficient (Wildman–Crippen LogP) is 5.63. The Hall–Kier alpha value is -4.26. The molecule has 0 aliphatic carbocycles. The van der Waals surface area contributed by atoms with E-state index in [1.807, 2.05) is 9.80 Å². The van der Waals surface area contributed by atoms with E-state index in [1.165, 1.54) is 69.5 Å². The van der Waals surface area contributed by atoms with Crippen LogP contribution in [-0.4, -0.2) is 109 Å². The Bertz CT molecular complexity index is 2250. The summed E-state index contributed by atoms with van der Waals surface area (Å²) in [7, 11) is -7.46. The van der Waals surface area contributed by atoms with Crippen LogP contribution in [0.1, 0.15) is 38.8 Å². The molecule has 4 aromatic rings. The zero-order valence-electron chi connectivity index (χ0n) is 32.4. The number of aliphatic hydroxyl groups is 2. The van der Waals surface area contributed by atoms with Crippen LogP contribution in [0.15, 0.2) is 80.4 Å². The van der Waals surface area contributed by atoms with Crippen molar-refractivity contribution >= 4 is 54.1 Å². The van der Waals surface area contributed by atoms with Gasteiger partial charge in [0.25, 0.3) is 20.0 Å². The summed E-state index contributed by atoms with van der Waals surface area (Å²) in [6, 6.07) is 9.83. The summed E-state index contributed by atoms with van der Waals surface area (Å²) in [5.41, 5.74) is -5.29. The molecule has 324 valence electrons. The van der Waals surface area contributed by atoms with E-state index in [0.29, 0.717) is 38.3 Å². The van der Waals surface area contributed by atoms with Crippen LogP contribution in [0.25, 0.3) is 0 Å². The molecule has 12 nitrogen and oxygen atoms in total. The molecule has 2 saturated heterocycles. The van der Waals surface area contributed by atoms with Gasteiger partial charge in [-0.15, -0.1) is 34.5 Å². The molecule has 2 aliphatic heterocycles. The first-order valence-corrected chi connectivity index (χ1v) is 22.6. The Morgan fingerprint density at radius 2 is 0.950 bits per heavy atom. The van der Waals surface area contributed by atoms with E-state index in [4.69, 9.17) is 0 Å². The van der Waals surface area contributed by atoms with Gasteiger partial charge in [0.1, 0.15) is 12.1 Å². The average molecular weight is 919 g/mol. The normalized spacial score (nSPS) is 20.3. The zero-order valence-corrected chi connectivity index (χ0v) is 35.7.